The fourth-order valence-electron chi connectivity index (χ4n) is 7.51. The van der Waals surface area contributed by atoms with Gasteiger partial charge in [0, 0.05) is 19.5 Å². The summed E-state index contributed by atoms with van der Waals surface area (Å²) in [5.41, 5.74) is -1.57. The lowest BCUT2D eigenvalue weighted by molar-refractivity contribution is -0.156. The highest BCUT2D eigenvalue weighted by molar-refractivity contribution is 5.76. The summed E-state index contributed by atoms with van der Waals surface area (Å²) in [6, 6.07) is 0. The number of unbranched alkanes of at least 4 members (excludes halogenated alkanes) is 10. The first-order valence-electron chi connectivity index (χ1n) is 22.4. The van der Waals surface area contributed by atoms with Crippen LogP contribution in [0.25, 0.3) is 0 Å². The zero-order valence-electron chi connectivity index (χ0n) is 37.3. The van der Waals surface area contributed by atoms with Gasteiger partial charge in [0.1, 0.15) is 11.7 Å². The monoisotopic (exact) mass is 780 g/mol. The number of esters is 3. The van der Waals surface area contributed by atoms with Gasteiger partial charge in [-0.25, -0.2) is 4.79 Å². The molecule has 1 rings (SSSR count). The van der Waals surface area contributed by atoms with Crippen LogP contribution in [0.3, 0.4) is 0 Å². The van der Waals surface area contributed by atoms with E-state index >= 15 is 0 Å². The second-order valence-corrected chi connectivity index (χ2v) is 18.8. The molecular formula is C46H85NO8. The lowest BCUT2D eigenvalue weighted by Gasteiger charge is -2.33. The molecule has 1 aliphatic rings. The van der Waals surface area contributed by atoms with Crippen molar-refractivity contribution in [3.63, 3.8) is 0 Å². The molecule has 1 fully saturated rings. The number of ether oxygens (including phenoxy) is 4. The largest absolute Gasteiger partial charge is 0.469 e. The Morgan fingerprint density at radius 3 is 1.64 bits per heavy atom. The van der Waals surface area contributed by atoms with Crippen molar-refractivity contribution in [2.45, 2.75) is 222 Å². The summed E-state index contributed by atoms with van der Waals surface area (Å²) in [5.74, 6) is 0.208. The molecule has 0 aromatic heterocycles. The fourth-order valence-corrected chi connectivity index (χ4v) is 7.51. The summed E-state index contributed by atoms with van der Waals surface area (Å²) < 4.78 is 22.6. The summed E-state index contributed by atoms with van der Waals surface area (Å²) in [7, 11) is 1.43. The maximum Gasteiger partial charge on any atom is 0.410 e. The van der Waals surface area contributed by atoms with Crippen LogP contribution in [0.5, 0.6) is 0 Å². The minimum absolute atomic E-state index is 0.0851. The fraction of sp³-hybridized carbons (Fsp3) is 0.913. The van der Waals surface area contributed by atoms with E-state index in [2.05, 4.69) is 13.8 Å². The predicted molar refractivity (Wildman–Crippen MR) is 223 cm³/mol. The molecule has 1 aliphatic heterocycles. The number of nitrogens with zero attached hydrogens (tertiary/aromatic N) is 1. The SMILES string of the molecule is CCCCCCCC(CCCCC)COC(=O)C(C)(C)CCCCCC(CCCCCC(C)(C)C(=O)OC)OC(=O)CC1CCN(C(=O)OC(C)(C)C)CC1. The molecule has 0 N–H and O–H groups in total. The van der Waals surface area contributed by atoms with Crippen molar-refractivity contribution in [2.75, 3.05) is 26.8 Å². The van der Waals surface area contributed by atoms with Gasteiger partial charge in [-0.2, -0.15) is 0 Å². The lowest BCUT2D eigenvalue weighted by Crippen LogP contribution is -2.42. The molecule has 0 aliphatic carbocycles. The molecule has 0 bridgehead atoms. The van der Waals surface area contributed by atoms with Crippen LogP contribution in [0.2, 0.25) is 0 Å². The van der Waals surface area contributed by atoms with Crippen LogP contribution < -0.4 is 0 Å². The van der Waals surface area contributed by atoms with E-state index in [4.69, 9.17) is 18.9 Å². The number of methoxy groups -OCH3 is 1. The second kappa shape index (κ2) is 27.3. The lowest BCUT2D eigenvalue weighted by atomic mass is 9.86. The Kier molecular flexibility index (Phi) is 25.2. The third kappa shape index (κ3) is 23.5. The number of rotatable bonds is 29. The molecule has 9 nitrogen and oxygen atoms in total. The van der Waals surface area contributed by atoms with E-state index in [1.807, 2.05) is 48.5 Å². The van der Waals surface area contributed by atoms with E-state index in [1.165, 1.54) is 58.5 Å². The molecule has 1 saturated heterocycles. The minimum Gasteiger partial charge on any atom is -0.469 e. The van der Waals surface area contributed by atoms with Crippen LogP contribution in [0.4, 0.5) is 4.79 Å². The van der Waals surface area contributed by atoms with E-state index in [1.54, 1.807) is 4.90 Å². The highest BCUT2D eigenvalue weighted by Gasteiger charge is 2.31. The van der Waals surface area contributed by atoms with Crippen LogP contribution >= 0.6 is 0 Å². The van der Waals surface area contributed by atoms with Crippen LogP contribution in [0, 0.1) is 22.7 Å². The average molecular weight is 780 g/mol. The number of hydrogen-bond donors (Lipinski definition) is 0. The van der Waals surface area contributed by atoms with Gasteiger partial charge in [-0.1, -0.05) is 90.9 Å². The summed E-state index contributed by atoms with van der Waals surface area (Å²) >= 11 is 0. The Labute approximate surface area is 337 Å². The zero-order valence-corrected chi connectivity index (χ0v) is 37.3. The van der Waals surface area contributed by atoms with E-state index < -0.39 is 16.4 Å². The first-order chi connectivity index (χ1) is 25.9. The molecule has 9 heteroatoms. The smallest absolute Gasteiger partial charge is 0.410 e. The van der Waals surface area contributed by atoms with Gasteiger partial charge in [-0.05, 0) is 125 Å². The quantitative estimate of drug-likeness (QED) is 0.0419. The Morgan fingerprint density at radius 1 is 0.636 bits per heavy atom. The molecule has 55 heavy (non-hydrogen) atoms. The number of piperidine rings is 1. The van der Waals surface area contributed by atoms with Gasteiger partial charge in [0.05, 0.1) is 24.5 Å². The van der Waals surface area contributed by atoms with Crippen molar-refractivity contribution in [3.8, 4) is 0 Å². The van der Waals surface area contributed by atoms with Crippen molar-refractivity contribution in [3.05, 3.63) is 0 Å². The van der Waals surface area contributed by atoms with Gasteiger partial charge in [-0.3, -0.25) is 14.4 Å². The maximum atomic E-state index is 13.2. The predicted octanol–water partition coefficient (Wildman–Crippen LogP) is 12.2. The number of carbonyl (C=O) groups is 4. The molecule has 1 heterocycles. The third-order valence-corrected chi connectivity index (χ3v) is 11.3. The molecule has 2 unspecified atom stereocenters. The van der Waals surface area contributed by atoms with Crippen LogP contribution in [0.1, 0.15) is 210 Å². The van der Waals surface area contributed by atoms with Gasteiger partial charge in [0.2, 0.25) is 0 Å². The second-order valence-electron chi connectivity index (χ2n) is 18.8. The van der Waals surface area contributed by atoms with E-state index in [9.17, 15) is 19.2 Å². The summed E-state index contributed by atoms with van der Waals surface area (Å²) in [6.45, 7) is 19.6. The third-order valence-electron chi connectivity index (χ3n) is 11.3. The summed E-state index contributed by atoms with van der Waals surface area (Å²) in [5, 5.41) is 0. The minimum atomic E-state index is -0.531. The van der Waals surface area contributed by atoms with E-state index in [-0.39, 0.29) is 36.0 Å². The van der Waals surface area contributed by atoms with Crippen molar-refractivity contribution >= 4 is 24.0 Å². The van der Waals surface area contributed by atoms with Gasteiger partial charge in [0.15, 0.2) is 0 Å². The van der Waals surface area contributed by atoms with Gasteiger partial charge >= 0.3 is 24.0 Å². The number of amides is 1. The average Bonchev–Trinajstić information content (AvgIpc) is 3.11. The normalized spacial score (nSPS) is 15.3. The van der Waals surface area contributed by atoms with Crippen molar-refractivity contribution in [1.82, 2.24) is 4.90 Å². The first-order valence-corrected chi connectivity index (χ1v) is 22.4. The molecule has 1 amide bonds. The van der Waals surface area contributed by atoms with Gasteiger partial charge in [-0.15, -0.1) is 0 Å². The molecule has 0 aromatic carbocycles. The highest BCUT2D eigenvalue weighted by atomic mass is 16.6. The topological polar surface area (TPSA) is 108 Å². The Morgan fingerprint density at radius 2 is 1.11 bits per heavy atom. The van der Waals surface area contributed by atoms with Crippen molar-refractivity contribution in [2.24, 2.45) is 22.7 Å². The van der Waals surface area contributed by atoms with Crippen molar-refractivity contribution < 1.29 is 38.1 Å². The Bertz CT molecular complexity index is 1070. The van der Waals surface area contributed by atoms with Crippen LogP contribution in [-0.4, -0.2) is 67.4 Å². The molecule has 2 atom stereocenters. The highest BCUT2D eigenvalue weighted by Crippen LogP contribution is 2.30. The number of likely N-dealkylation sites (tertiary alicyclic amines) is 1. The van der Waals surface area contributed by atoms with Crippen molar-refractivity contribution in [1.29, 1.82) is 0 Å². The van der Waals surface area contributed by atoms with Gasteiger partial charge in [0.25, 0.3) is 0 Å². The number of carbonyl (C=O) groups excluding carboxylic acids is 4. The molecule has 0 radical (unpaired) electrons. The molecule has 0 spiro atoms. The van der Waals surface area contributed by atoms with Crippen LogP contribution in [0.15, 0.2) is 0 Å². The Hall–Kier alpha value is -2.32. The van der Waals surface area contributed by atoms with E-state index in [0.717, 1.165) is 89.9 Å². The zero-order chi connectivity index (χ0) is 41.3. The first kappa shape index (κ1) is 50.7. The van der Waals surface area contributed by atoms with Gasteiger partial charge < -0.3 is 23.8 Å². The molecule has 322 valence electrons. The Balaban J connectivity index is 2.63. The molecule has 0 aromatic rings. The summed E-state index contributed by atoms with van der Waals surface area (Å²) in [6.07, 6.45) is 22.3. The standard InChI is InChI=1S/C46H85NO8/c1-11-13-15-16-20-26-38(25-19-14-12-2)36-53-42(50)46(8,9)32-24-18-22-28-39(27-21-17-23-31-45(6,7)41(49)52-10)54-40(48)35-37-29-33-47(34-30-37)43(51)55-44(3,4)5/h37-39H,11-36H2,1-10H3. The summed E-state index contributed by atoms with van der Waals surface area (Å²) in [4.78, 5) is 52.8. The van der Waals surface area contributed by atoms with E-state index in [0.29, 0.717) is 32.0 Å². The maximum absolute atomic E-state index is 13.2. The number of hydrogen-bond acceptors (Lipinski definition) is 8. The molecular weight excluding hydrogens is 695 g/mol. The molecule has 0 saturated carbocycles. The van der Waals surface area contributed by atoms with Crippen LogP contribution in [-0.2, 0) is 33.3 Å².